The average molecular weight is 273 g/mol. The van der Waals surface area contributed by atoms with Crippen LogP contribution in [0.3, 0.4) is 0 Å². The zero-order valence-electron chi connectivity index (χ0n) is 10.8. The van der Waals surface area contributed by atoms with Gasteiger partial charge in [0.15, 0.2) is 0 Å². The third-order valence-corrected chi connectivity index (χ3v) is 4.13. The number of pyridine rings is 1. The van der Waals surface area contributed by atoms with Crippen LogP contribution in [0.2, 0.25) is 5.02 Å². The maximum Gasteiger partial charge on any atom is 0.0510 e. The molecule has 3 rings (SSSR count). The van der Waals surface area contributed by atoms with Crippen molar-refractivity contribution in [3.63, 3.8) is 0 Å². The molecule has 1 aromatic carbocycles. The SMILES string of the molecule is NCc1ccc(Cl)cc1C1CCCc2cccnc21. The van der Waals surface area contributed by atoms with E-state index in [2.05, 4.69) is 17.1 Å². The minimum absolute atomic E-state index is 0.335. The van der Waals surface area contributed by atoms with Gasteiger partial charge >= 0.3 is 0 Å². The fourth-order valence-electron chi connectivity index (χ4n) is 2.99. The van der Waals surface area contributed by atoms with Gasteiger partial charge in [-0.2, -0.15) is 0 Å². The normalized spacial score (nSPS) is 18.1. The number of hydrogen-bond donors (Lipinski definition) is 1. The highest BCUT2D eigenvalue weighted by Gasteiger charge is 2.24. The molecule has 0 saturated carbocycles. The quantitative estimate of drug-likeness (QED) is 0.906. The number of benzene rings is 1. The van der Waals surface area contributed by atoms with Crippen LogP contribution in [0.15, 0.2) is 36.5 Å². The second-order valence-corrected chi connectivity index (χ2v) is 5.48. The largest absolute Gasteiger partial charge is 0.326 e. The van der Waals surface area contributed by atoms with Gasteiger partial charge in [-0.15, -0.1) is 0 Å². The lowest BCUT2D eigenvalue weighted by atomic mass is 9.80. The van der Waals surface area contributed by atoms with E-state index < -0.39 is 0 Å². The number of nitrogens with two attached hydrogens (primary N) is 1. The predicted molar refractivity (Wildman–Crippen MR) is 78.4 cm³/mol. The van der Waals surface area contributed by atoms with Crippen LogP contribution >= 0.6 is 11.6 Å². The Bertz CT molecular complexity index is 595. The Morgan fingerprint density at radius 1 is 1.32 bits per heavy atom. The average Bonchev–Trinajstić information content (AvgIpc) is 2.46. The van der Waals surface area contributed by atoms with E-state index in [1.54, 1.807) is 0 Å². The van der Waals surface area contributed by atoms with Crippen LogP contribution in [0.4, 0.5) is 0 Å². The number of nitrogens with zero attached hydrogens (tertiary/aromatic N) is 1. The first kappa shape index (κ1) is 12.6. The lowest BCUT2D eigenvalue weighted by molar-refractivity contribution is 0.595. The van der Waals surface area contributed by atoms with E-state index >= 15 is 0 Å². The van der Waals surface area contributed by atoms with Gasteiger partial charge in [-0.05, 0) is 54.2 Å². The number of rotatable bonds is 2. The molecule has 1 unspecified atom stereocenters. The first-order valence-electron chi connectivity index (χ1n) is 6.72. The highest BCUT2D eigenvalue weighted by molar-refractivity contribution is 6.30. The van der Waals surface area contributed by atoms with Gasteiger partial charge in [0.2, 0.25) is 0 Å². The van der Waals surface area contributed by atoms with Crippen molar-refractivity contribution in [1.29, 1.82) is 0 Å². The summed E-state index contributed by atoms with van der Waals surface area (Å²) in [4.78, 5) is 4.60. The third-order valence-electron chi connectivity index (χ3n) is 3.90. The second-order valence-electron chi connectivity index (χ2n) is 5.04. The van der Waals surface area contributed by atoms with Crippen LogP contribution in [-0.4, -0.2) is 4.98 Å². The molecule has 2 nitrogen and oxygen atoms in total. The number of aryl methyl sites for hydroxylation is 1. The Hall–Kier alpha value is -1.38. The molecule has 1 heterocycles. The molecule has 19 heavy (non-hydrogen) atoms. The molecular formula is C16H17ClN2. The Morgan fingerprint density at radius 2 is 2.21 bits per heavy atom. The molecule has 0 saturated heterocycles. The molecule has 0 spiro atoms. The van der Waals surface area contributed by atoms with E-state index in [0.29, 0.717) is 12.5 Å². The van der Waals surface area contributed by atoms with E-state index in [4.69, 9.17) is 17.3 Å². The van der Waals surface area contributed by atoms with Crippen LogP contribution in [0.25, 0.3) is 0 Å². The molecule has 2 aromatic rings. The first-order valence-corrected chi connectivity index (χ1v) is 7.09. The van der Waals surface area contributed by atoms with Crippen molar-refractivity contribution in [3.05, 3.63) is 63.9 Å². The maximum atomic E-state index is 6.16. The molecule has 3 heteroatoms. The molecule has 0 amide bonds. The van der Waals surface area contributed by atoms with Crippen molar-refractivity contribution in [3.8, 4) is 0 Å². The van der Waals surface area contributed by atoms with Crippen molar-refractivity contribution < 1.29 is 0 Å². The minimum Gasteiger partial charge on any atom is -0.326 e. The lowest BCUT2D eigenvalue weighted by Crippen LogP contribution is -2.15. The molecule has 0 bridgehead atoms. The molecule has 2 N–H and O–H groups in total. The molecule has 1 aromatic heterocycles. The first-order chi connectivity index (χ1) is 9.29. The molecule has 1 atom stereocenters. The van der Waals surface area contributed by atoms with Crippen molar-refractivity contribution >= 4 is 11.6 Å². The molecule has 1 aliphatic carbocycles. The topological polar surface area (TPSA) is 38.9 Å². The summed E-state index contributed by atoms with van der Waals surface area (Å²) < 4.78 is 0. The second kappa shape index (κ2) is 5.32. The van der Waals surface area contributed by atoms with Crippen molar-refractivity contribution in [2.45, 2.75) is 31.7 Å². The van der Waals surface area contributed by atoms with E-state index in [9.17, 15) is 0 Å². The molecule has 1 aliphatic rings. The summed E-state index contributed by atoms with van der Waals surface area (Å²) in [6, 6.07) is 10.2. The molecular weight excluding hydrogens is 256 g/mol. The summed E-state index contributed by atoms with van der Waals surface area (Å²) in [6.07, 6.45) is 5.32. The zero-order valence-corrected chi connectivity index (χ0v) is 11.5. The molecule has 0 aliphatic heterocycles. The monoisotopic (exact) mass is 272 g/mol. The van der Waals surface area contributed by atoms with Gasteiger partial charge in [-0.3, -0.25) is 4.98 Å². The fourth-order valence-corrected chi connectivity index (χ4v) is 3.17. The van der Waals surface area contributed by atoms with Gasteiger partial charge in [-0.1, -0.05) is 23.7 Å². The molecule has 98 valence electrons. The van der Waals surface area contributed by atoms with Crippen LogP contribution in [0.1, 0.15) is 41.1 Å². The Morgan fingerprint density at radius 3 is 3.05 bits per heavy atom. The predicted octanol–water partition coefficient (Wildman–Crippen LogP) is 3.66. The van der Waals surface area contributed by atoms with Crippen LogP contribution in [-0.2, 0) is 13.0 Å². The minimum atomic E-state index is 0.335. The smallest absolute Gasteiger partial charge is 0.0510 e. The van der Waals surface area contributed by atoms with Gasteiger partial charge in [-0.25, -0.2) is 0 Å². The van der Waals surface area contributed by atoms with E-state index in [0.717, 1.165) is 17.9 Å². The van der Waals surface area contributed by atoms with Gasteiger partial charge in [0, 0.05) is 23.7 Å². The molecule has 0 radical (unpaired) electrons. The third kappa shape index (κ3) is 2.38. The lowest BCUT2D eigenvalue weighted by Gasteiger charge is -2.26. The van der Waals surface area contributed by atoms with E-state index in [1.807, 2.05) is 24.4 Å². The Balaban J connectivity index is 2.11. The van der Waals surface area contributed by atoms with E-state index in [1.165, 1.54) is 28.8 Å². The van der Waals surface area contributed by atoms with E-state index in [-0.39, 0.29) is 0 Å². The number of hydrogen-bond acceptors (Lipinski definition) is 2. The highest BCUT2D eigenvalue weighted by atomic mass is 35.5. The summed E-state index contributed by atoms with van der Waals surface area (Å²) in [6.45, 7) is 0.547. The van der Waals surface area contributed by atoms with Crippen LogP contribution in [0.5, 0.6) is 0 Å². The number of aromatic nitrogens is 1. The van der Waals surface area contributed by atoms with Gasteiger partial charge in [0.25, 0.3) is 0 Å². The van der Waals surface area contributed by atoms with Crippen molar-refractivity contribution in [2.75, 3.05) is 0 Å². The zero-order chi connectivity index (χ0) is 13.2. The number of halogens is 1. The van der Waals surface area contributed by atoms with Gasteiger partial charge < -0.3 is 5.73 Å². The summed E-state index contributed by atoms with van der Waals surface area (Å²) in [7, 11) is 0. The highest BCUT2D eigenvalue weighted by Crippen LogP contribution is 2.37. The van der Waals surface area contributed by atoms with Gasteiger partial charge in [0.05, 0.1) is 5.69 Å². The summed E-state index contributed by atoms with van der Waals surface area (Å²) in [5.74, 6) is 0.335. The molecule has 0 fully saturated rings. The summed E-state index contributed by atoms with van der Waals surface area (Å²) in [5.41, 5.74) is 10.8. The van der Waals surface area contributed by atoms with Crippen LogP contribution in [0, 0.1) is 0 Å². The Kier molecular flexibility index (Phi) is 3.54. The summed E-state index contributed by atoms with van der Waals surface area (Å²) in [5, 5.41) is 0.773. The fraction of sp³-hybridized carbons (Fsp3) is 0.312. The van der Waals surface area contributed by atoms with Crippen LogP contribution < -0.4 is 5.73 Å². The number of fused-ring (bicyclic) bond motifs is 1. The van der Waals surface area contributed by atoms with Crippen molar-refractivity contribution in [1.82, 2.24) is 4.98 Å². The van der Waals surface area contributed by atoms with Gasteiger partial charge in [0.1, 0.15) is 0 Å². The van der Waals surface area contributed by atoms with Crippen molar-refractivity contribution in [2.24, 2.45) is 5.73 Å². The summed E-state index contributed by atoms with van der Waals surface area (Å²) >= 11 is 6.16. The maximum absolute atomic E-state index is 6.16. The standard InChI is InChI=1S/C16H17ClN2/c17-13-7-6-12(10-18)15(9-13)14-5-1-3-11-4-2-8-19-16(11)14/h2,4,6-9,14H,1,3,5,10,18H2. The Labute approximate surface area is 118 Å².